The number of nitrogens with one attached hydrogen (secondary N) is 2. The van der Waals surface area contributed by atoms with E-state index in [1.807, 2.05) is 48.5 Å². The van der Waals surface area contributed by atoms with Crippen LogP contribution in [0, 0.1) is 0 Å². The van der Waals surface area contributed by atoms with Crippen molar-refractivity contribution in [2.75, 3.05) is 20.3 Å². The van der Waals surface area contributed by atoms with E-state index in [1.54, 1.807) is 0 Å². The summed E-state index contributed by atoms with van der Waals surface area (Å²) in [5.74, 6) is -2.63. The standard InChI is InChI=1S/C24H26F2N2O6/c1-33-11-10-19(23(30)31)27-22(29)20(12-21(25)26)28-24(32)34-13-18-16-8-4-2-6-14(16)15-7-3-5-9-17(15)18/h2-9,18-21H,10-13H2,1H3,(H,27,29)(H,28,32)(H,30,31). The lowest BCUT2D eigenvalue weighted by Crippen LogP contribution is -2.52. The average molecular weight is 476 g/mol. The van der Waals surface area contributed by atoms with Gasteiger partial charge in [0.1, 0.15) is 18.7 Å². The molecule has 0 fully saturated rings. The van der Waals surface area contributed by atoms with Crippen LogP contribution in [-0.4, -0.2) is 61.9 Å². The van der Waals surface area contributed by atoms with E-state index in [2.05, 4.69) is 10.6 Å². The highest BCUT2D eigenvalue weighted by molar-refractivity contribution is 5.89. The number of carboxylic acids is 1. The first kappa shape index (κ1) is 25.1. The summed E-state index contributed by atoms with van der Waals surface area (Å²) >= 11 is 0. The van der Waals surface area contributed by atoms with Crippen LogP contribution >= 0.6 is 0 Å². The van der Waals surface area contributed by atoms with Crippen LogP contribution in [0.25, 0.3) is 11.1 Å². The lowest BCUT2D eigenvalue weighted by molar-refractivity contribution is -0.142. The molecule has 0 saturated heterocycles. The van der Waals surface area contributed by atoms with Crippen LogP contribution in [0.1, 0.15) is 29.9 Å². The SMILES string of the molecule is COCCC(NC(=O)C(CC(F)F)NC(=O)OCC1c2ccccc2-c2ccccc21)C(=O)O. The van der Waals surface area contributed by atoms with Gasteiger partial charge in [-0.05, 0) is 22.3 Å². The molecule has 0 spiro atoms. The number of benzene rings is 2. The van der Waals surface area contributed by atoms with Gasteiger partial charge in [0, 0.05) is 32.5 Å². The lowest BCUT2D eigenvalue weighted by atomic mass is 9.98. The monoisotopic (exact) mass is 476 g/mol. The second kappa shape index (κ2) is 11.6. The first-order chi connectivity index (χ1) is 16.3. The smallest absolute Gasteiger partial charge is 0.407 e. The van der Waals surface area contributed by atoms with E-state index in [4.69, 9.17) is 9.47 Å². The van der Waals surface area contributed by atoms with Gasteiger partial charge in [0.25, 0.3) is 0 Å². The van der Waals surface area contributed by atoms with E-state index in [-0.39, 0.29) is 25.6 Å². The Morgan fingerprint density at radius 2 is 1.56 bits per heavy atom. The maximum atomic E-state index is 13.0. The van der Waals surface area contributed by atoms with Gasteiger partial charge >= 0.3 is 12.1 Å². The molecule has 34 heavy (non-hydrogen) atoms. The van der Waals surface area contributed by atoms with Crippen LogP contribution in [0.15, 0.2) is 48.5 Å². The molecule has 0 aromatic heterocycles. The summed E-state index contributed by atoms with van der Waals surface area (Å²) in [6, 6.07) is 12.4. The predicted molar refractivity (Wildman–Crippen MR) is 119 cm³/mol. The number of amides is 2. The Hall–Kier alpha value is -3.53. The molecule has 2 unspecified atom stereocenters. The van der Waals surface area contributed by atoms with Crippen molar-refractivity contribution in [1.29, 1.82) is 0 Å². The minimum atomic E-state index is -2.91. The fourth-order valence-electron chi connectivity index (χ4n) is 3.96. The molecule has 0 heterocycles. The molecule has 1 aliphatic rings. The van der Waals surface area contributed by atoms with Crippen LogP contribution in [0.4, 0.5) is 13.6 Å². The molecule has 1 aliphatic carbocycles. The average Bonchev–Trinajstić information content (AvgIpc) is 3.13. The van der Waals surface area contributed by atoms with Gasteiger partial charge in [-0.3, -0.25) is 4.79 Å². The number of carboxylic acid groups (broad SMARTS) is 1. The Balaban J connectivity index is 1.65. The van der Waals surface area contributed by atoms with Gasteiger partial charge in [0.15, 0.2) is 0 Å². The second-order valence-electron chi connectivity index (χ2n) is 7.83. The van der Waals surface area contributed by atoms with Gasteiger partial charge in [-0.25, -0.2) is 18.4 Å². The number of carbonyl (C=O) groups excluding carboxylic acids is 2. The zero-order valence-corrected chi connectivity index (χ0v) is 18.5. The number of ether oxygens (including phenoxy) is 2. The molecule has 10 heteroatoms. The zero-order chi connectivity index (χ0) is 24.7. The van der Waals surface area contributed by atoms with Crippen LogP contribution in [0.5, 0.6) is 0 Å². The largest absolute Gasteiger partial charge is 0.480 e. The molecule has 2 aromatic carbocycles. The maximum absolute atomic E-state index is 13.0. The van der Waals surface area contributed by atoms with Gasteiger partial charge in [0.2, 0.25) is 12.3 Å². The van der Waals surface area contributed by atoms with Crippen LogP contribution < -0.4 is 10.6 Å². The van der Waals surface area contributed by atoms with E-state index in [0.717, 1.165) is 22.3 Å². The quantitative estimate of drug-likeness (QED) is 0.459. The molecule has 0 bridgehead atoms. The number of aliphatic carboxylic acids is 1. The summed E-state index contributed by atoms with van der Waals surface area (Å²) in [5.41, 5.74) is 4.00. The van der Waals surface area contributed by atoms with E-state index in [9.17, 15) is 28.3 Å². The molecule has 8 nitrogen and oxygen atoms in total. The number of halogens is 2. The number of methoxy groups -OCH3 is 1. The highest BCUT2D eigenvalue weighted by Crippen LogP contribution is 2.44. The molecular weight excluding hydrogens is 450 g/mol. The van der Waals surface area contributed by atoms with E-state index >= 15 is 0 Å². The fourth-order valence-corrected chi connectivity index (χ4v) is 3.96. The van der Waals surface area contributed by atoms with Crippen molar-refractivity contribution in [3.05, 3.63) is 59.7 Å². The molecule has 182 valence electrons. The molecule has 2 aromatic rings. The topological polar surface area (TPSA) is 114 Å². The Morgan fingerprint density at radius 3 is 2.09 bits per heavy atom. The van der Waals surface area contributed by atoms with Crippen LogP contribution in [-0.2, 0) is 19.1 Å². The molecule has 2 atom stereocenters. The summed E-state index contributed by atoms with van der Waals surface area (Å²) in [6.45, 7) is -0.0228. The normalized spacial score (nSPS) is 14.1. The first-order valence-corrected chi connectivity index (χ1v) is 10.7. The summed E-state index contributed by atoms with van der Waals surface area (Å²) in [6.07, 6.45) is -5.02. The third-order valence-electron chi connectivity index (χ3n) is 5.59. The fraction of sp³-hybridized carbons (Fsp3) is 0.375. The highest BCUT2D eigenvalue weighted by atomic mass is 19.3. The highest BCUT2D eigenvalue weighted by Gasteiger charge is 2.31. The number of hydrogen-bond acceptors (Lipinski definition) is 5. The minimum absolute atomic E-state index is 0.0383. The van der Waals surface area contributed by atoms with Crippen molar-refractivity contribution in [3.63, 3.8) is 0 Å². The van der Waals surface area contributed by atoms with Crippen molar-refractivity contribution < 1.29 is 37.7 Å². The molecule has 0 aliphatic heterocycles. The Kier molecular flexibility index (Phi) is 8.53. The van der Waals surface area contributed by atoms with E-state index in [1.165, 1.54) is 7.11 Å². The molecule has 2 amide bonds. The van der Waals surface area contributed by atoms with Crippen molar-refractivity contribution in [2.24, 2.45) is 0 Å². The molecular formula is C24H26F2N2O6. The molecule has 3 rings (SSSR count). The van der Waals surface area contributed by atoms with Crippen molar-refractivity contribution in [1.82, 2.24) is 10.6 Å². The summed E-state index contributed by atoms with van der Waals surface area (Å²) in [7, 11) is 1.36. The number of hydrogen-bond donors (Lipinski definition) is 3. The second-order valence-corrected chi connectivity index (χ2v) is 7.83. The van der Waals surface area contributed by atoms with Crippen molar-refractivity contribution in [2.45, 2.75) is 37.3 Å². The minimum Gasteiger partial charge on any atom is -0.480 e. The third-order valence-corrected chi connectivity index (χ3v) is 5.59. The van der Waals surface area contributed by atoms with Crippen molar-refractivity contribution >= 4 is 18.0 Å². The first-order valence-electron chi connectivity index (χ1n) is 10.7. The Bertz CT molecular complexity index is 987. The number of alkyl carbamates (subject to hydrolysis) is 1. The maximum Gasteiger partial charge on any atom is 0.407 e. The van der Waals surface area contributed by atoms with Gasteiger partial charge in [0.05, 0.1) is 0 Å². The Morgan fingerprint density at radius 1 is 0.971 bits per heavy atom. The summed E-state index contributed by atoms with van der Waals surface area (Å²) in [4.78, 5) is 36.2. The van der Waals surface area contributed by atoms with Gasteiger partial charge in [-0.2, -0.15) is 0 Å². The Labute approximate surface area is 195 Å². The molecule has 3 N–H and O–H groups in total. The van der Waals surface area contributed by atoms with E-state index in [0.29, 0.717) is 0 Å². The number of carbonyl (C=O) groups is 3. The van der Waals surface area contributed by atoms with Crippen LogP contribution in [0.2, 0.25) is 0 Å². The summed E-state index contributed by atoms with van der Waals surface area (Å²) in [5, 5.41) is 13.5. The zero-order valence-electron chi connectivity index (χ0n) is 18.5. The van der Waals surface area contributed by atoms with E-state index < -0.39 is 42.9 Å². The summed E-state index contributed by atoms with van der Waals surface area (Å²) < 4.78 is 36.2. The van der Waals surface area contributed by atoms with Crippen molar-refractivity contribution in [3.8, 4) is 11.1 Å². The molecule has 0 radical (unpaired) electrons. The molecule has 0 saturated carbocycles. The van der Waals surface area contributed by atoms with Gasteiger partial charge < -0.3 is 25.2 Å². The predicted octanol–water partition coefficient (Wildman–Crippen LogP) is 3.15. The van der Waals surface area contributed by atoms with Crippen LogP contribution in [0.3, 0.4) is 0 Å². The van der Waals surface area contributed by atoms with Gasteiger partial charge in [-0.15, -0.1) is 0 Å². The number of alkyl halides is 2. The van der Waals surface area contributed by atoms with Gasteiger partial charge in [-0.1, -0.05) is 48.5 Å². The lowest BCUT2D eigenvalue weighted by Gasteiger charge is -2.21. The number of rotatable bonds is 11. The number of fused-ring (bicyclic) bond motifs is 3. The third kappa shape index (κ3) is 6.07.